The minimum atomic E-state index is -0.932. The van der Waals surface area contributed by atoms with Gasteiger partial charge in [0.15, 0.2) is 0 Å². The van der Waals surface area contributed by atoms with Gasteiger partial charge in [-0.2, -0.15) is 0 Å². The summed E-state index contributed by atoms with van der Waals surface area (Å²) in [7, 11) is 0. The Bertz CT molecular complexity index is 1010. The van der Waals surface area contributed by atoms with Crippen molar-refractivity contribution in [3.8, 4) is 0 Å². The van der Waals surface area contributed by atoms with Gasteiger partial charge in [-0.3, -0.25) is 19.7 Å². The highest BCUT2D eigenvalue weighted by molar-refractivity contribution is 6.08. The molecule has 0 saturated carbocycles. The zero-order valence-electron chi connectivity index (χ0n) is 14.3. The average molecular weight is 363 g/mol. The quantitative estimate of drug-likeness (QED) is 0.517. The van der Waals surface area contributed by atoms with Gasteiger partial charge in [-0.15, -0.1) is 0 Å². The lowest BCUT2D eigenvalue weighted by atomic mass is 10.0. The van der Waals surface area contributed by atoms with Crippen LogP contribution in [0.3, 0.4) is 0 Å². The number of carbonyl (C=O) groups is 2. The zero-order valence-corrected chi connectivity index (χ0v) is 14.3. The number of nitro groups is 1. The minimum absolute atomic E-state index is 0.0471. The van der Waals surface area contributed by atoms with E-state index in [2.05, 4.69) is 5.32 Å². The summed E-state index contributed by atoms with van der Waals surface area (Å²) < 4.78 is 0. The highest BCUT2D eigenvalue weighted by Crippen LogP contribution is 2.19. The van der Waals surface area contributed by atoms with Crippen LogP contribution in [-0.2, 0) is 11.2 Å². The molecule has 0 aliphatic heterocycles. The van der Waals surface area contributed by atoms with Gasteiger partial charge in [0.05, 0.1) is 4.92 Å². The first kappa shape index (κ1) is 18.1. The predicted molar refractivity (Wildman–Crippen MR) is 101 cm³/mol. The van der Waals surface area contributed by atoms with E-state index >= 15 is 0 Å². The van der Waals surface area contributed by atoms with Gasteiger partial charge in [-0.25, -0.2) is 0 Å². The molecule has 3 N–H and O–H groups in total. The monoisotopic (exact) mass is 363 g/mol. The summed E-state index contributed by atoms with van der Waals surface area (Å²) in [5, 5.41) is 15.1. The smallest absolute Gasteiger partial charge is 0.269 e. The molecule has 3 aromatic carbocycles. The summed E-state index contributed by atoms with van der Waals surface area (Å²) >= 11 is 0. The fourth-order valence-electron chi connectivity index (χ4n) is 2.87. The Labute approximate surface area is 154 Å². The van der Waals surface area contributed by atoms with Crippen LogP contribution in [0.25, 0.3) is 10.8 Å². The first-order chi connectivity index (χ1) is 13.0. The van der Waals surface area contributed by atoms with Crippen molar-refractivity contribution in [1.29, 1.82) is 0 Å². The maximum absolute atomic E-state index is 12.7. The molecule has 1 atom stereocenters. The van der Waals surface area contributed by atoms with Crippen LogP contribution in [0.1, 0.15) is 15.9 Å². The summed E-state index contributed by atoms with van der Waals surface area (Å²) in [6, 6.07) is 17.6. The molecule has 7 nitrogen and oxygen atoms in total. The van der Waals surface area contributed by atoms with Gasteiger partial charge in [0, 0.05) is 24.1 Å². The Kier molecular flexibility index (Phi) is 5.12. The van der Waals surface area contributed by atoms with Gasteiger partial charge in [-0.05, 0) is 22.4 Å². The van der Waals surface area contributed by atoms with Crippen molar-refractivity contribution in [1.82, 2.24) is 5.32 Å². The molecule has 0 aromatic heterocycles. The van der Waals surface area contributed by atoms with E-state index in [0.717, 1.165) is 10.8 Å². The molecule has 3 rings (SSSR count). The third kappa shape index (κ3) is 4.09. The van der Waals surface area contributed by atoms with Crippen LogP contribution in [0, 0.1) is 10.1 Å². The highest BCUT2D eigenvalue weighted by Gasteiger charge is 2.21. The van der Waals surface area contributed by atoms with Crippen LogP contribution in [0.4, 0.5) is 5.69 Å². The van der Waals surface area contributed by atoms with E-state index in [1.165, 1.54) is 24.3 Å². The number of nitro benzene ring substituents is 1. The van der Waals surface area contributed by atoms with Crippen molar-refractivity contribution < 1.29 is 14.5 Å². The van der Waals surface area contributed by atoms with Crippen molar-refractivity contribution in [2.45, 2.75) is 12.5 Å². The van der Waals surface area contributed by atoms with Gasteiger partial charge in [0.2, 0.25) is 5.91 Å². The van der Waals surface area contributed by atoms with Gasteiger partial charge in [-0.1, -0.05) is 48.5 Å². The lowest BCUT2D eigenvalue weighted by Crippen LogP contribution is -2.45. The first-order valence-corrected chi connectivity index (χ1v) is 8.27. The summed E-state index contributed by atoms with van der Waals surface area (Å²) in [5.74, 6) is -1.08. The molecule has 2 amide bonds. The molecule has 0 heterocycles. The predicted octanol–water partition coefficient (Wildman–Crippen LogP) is 2.57. The number of nitrogens with zero attached hydrogens (tertiary/aromatic N) is 1. The van der Waals surface area contributed by atoms with Crippen molar-refractivity contribution in [3.63, 3.8) is 0 Å². The van der Waals surface area contributed by atoms with E-state index in [9.17, 15) is 19.7 Å². The Morgan fingerprint density at radius 2 is 1.67 bits per heavy atom. The van der Waals surface area contributed by atoms with Gasteiger partial charge < -0.3 is 11.1 Å². The number of hydrogen-bond donors (Lipinski definition) is 2. The number of nitrogens with one attached hydrogen (secondary N) is 1. The van der Waals surface area contributed by atoms with Crippen LogP contribution in [0.15, 0.2) is 66.7 Å². The van der Waals surface area contributed by atoms with Gasteiger partial charge in [0.25, 0.3) is 11.6 Å². The Balaban J connectivity index is 1.80. The van der Waals surface area contributed by atoms with Crippen molar-refractivity contribution in [3.05, 3.63) is 88.0 Å². The van der Waals surface area contributed by atoms with E-state index < -0.39 is 22.8 Å². The SMILES string of the molecule is NC(=O)[C@@H](Cc1ccc([N+](=O)[O-])cc1)NC(=O)c1cccc2ccccc12. The van der Waals surface area contributed by atoms with Crippen LogP contribution >= 0.6 is 0 Å². The second-order valence-corrected chi connectivity index (χ2v) is 6.08. The van der Waals surface area contributed by atoms with E-state index in [4.69, 9.17) is 5.73 Å². The number of amides is 2. The molecule has 3 aromatic rings. The van der Waals surface area contributed by atoms with E-state index in [-0.39, 0.29) is 12.1 Å². The molecule has 0 bridgehead atoms. The Morgan fingerprint density at radius 3 is 2.33 bits per heavy atom. The third-order valence-corrected chi connectivity index (χ3v) is 4.27. The van der Waals surface area contributed by atoms with E-state index in [1.54, 1.807) is 12.1 Å². The fourth-order valence-corrected chi connectivity index (χ4v) is 2.87. The summed E-state index contributed by atoms with van der Waals surface area (Å²) in [6.07, 6.45) is 0.143. The van der Waals surface area contributed by atoms with Crippen LogP contribution < -0.4 is 11.1 Å². The number of rotatable bonds is 6. The normalized spacial score (nSPS) is 11.7. The lowest BCUT2D eigenvalue weighted by Gasteiger charge is -2.16. The largest absolute Gasteiger partial charge is 0.368 e. The number of hydrogen-bond acceptors (Lipinski definition) is 4. The summed E-state index contributed by atoms with van der Waals surface area (Å²) in [5.41, 5.74) is 6.50. The maximum Gasteiger partial charge on any atom is 0.269 e. The van der Waals surface area contributed by atoms with Gasteiger partial charge in [0.1, 0.15) is 6.04 Å². The summed E-state index contributed by atoms with van der Waals surface area (Å²) in [4.78, 5) is 34.7. The zero-order chi connectivity index (χ0) is 19.4. The molecule has 0 fully saturated rings. The number of fused-ring (bicyclic) bond motifs is 1. The number of benzene rings is 3. The van der Waals surface area contributed by atoms with E-state index in [1.807, 2.05) is 30.3 Å². The van der Waals surface area contributed by atoms with Crippen LogP contribution in [0.2, 0.25) is 0 Å². The molecule has 0 radical (unpaired) electrons. The molecule has 0 unspecified atom stereocenters. The Morgan fingerprint density at radius 1 is 1.00 bits per heavy atom. The minimum Gasteiger partial charge on any atom is -0.368 e. The topological polar surface area (TPSA) is 115 Å². The number of primary amides is 1. The third-order valence-electron chi connectivity index (χ3n) is 4.27. The Hall–Kier alpha value is -3.74. The first-order valence-electron chi connectivity index (χ1n) is 8.27. The van der Waals surface area contributed by atoms with Crippen molar-refractivity contribution >= 4 is 28.3 Å². The summed E-state index contributed by atoms with van der Waals surface area (Å²) in [6.45, 7) is 0. The second-order valence-electron chi connectivity index (χ2n) is 6.08. The maximum atomic E-state index is 12.7. The molecule has 0 spiro atoms. The molecule has 27 heavy (non-hydrogen) atoms. The molecule has 7 heteroatoms. The molecule has 136 valence electrons. The standard InChI is InChI=1S/C20H17N3O4/c21-19(24)18(12-13-8-10-15(11-9-13)23(26)27)22-20(25)17-7-3-5-14-4-1-2-6-16(14)17/h1-11,18H,12H2,(H2,21,24)(H,22,25)/t18-/m1/s1. The van der Waals surface area contributed by atoms with Crippen molar-refractivity contribution in [2.75, 3.05) is 0 Å². The second kappa shape index (κ2) is 7.65. The van der Waals surface area contributed by atoms with E-state index in [0.29, 0.717) is 11.1 Å². The molecular weight excluding hydrogens is 346 g/mol. The molecule has 0 aliphatic carbocycles. The van der Waals surface area contributed by atoms with Crippen LogP contribution in [0.5, 0.6) is 0 Å². The number of nitrogens with two attached hydrogens (primary N) is 1. The molecule has 0 saturated heterocycles. The highest BCUT2D eigenvalue weighted by atomic mass is 16.6. The number of carbonyl (C=O) groups excluding carboxylic acids is 2. The van der Waals surface area contributed by atoms with Crippen molar-refractivity contribution in [2.24, 2.45) is 5.73 Å². The number of non-ortho nitro benzene ring substituents is 1. The van der Waals surface area contributed by atoms with Crippen LogP contribution in [-0.4, -0.2) is 22.8 Å². The average Bonchev–Trinajstić information content (AvgIpc) is 2.67. The lowest BCUT2D eigenvalue weighted by molar-refractivity contribution is -0.384. The molecular formula is C20H17N3O4. The van der Waals surface area contributed by atoms with Gasteiger partial charge >= 0.3 is 0 Å². The molecule has 0 aliphatic rings. The fraction of sp³-hybridized carbons (Fsp3) is 0.100.